The highest BCUT2D eigenvalue weighted by Crippen LogP contribution is 2.55. The topological polar surface area (TPSA) is 34.1 Å². The molecule has 3 atom stereocenters. The number of hydrogen-bond donors (Lipinski definition) is 0. The maximum atomic E-state index is 13.0. The first kappa shape index (κ1) is 13.7. The normalized spacial score (nSPS) is 23.6. The highest BCUT2D eigenvalue weighted by Gasteiger charge is 2.57. The van der Waals surface area contributed by atoms with Gasteiger partial charge in [-0.15, -0.1) is 0 Å². The summed E-state index contributed by atoms with van der Waals surface area (Å²) < 4.78 is 13.0. The first-order valence-corrected chi connectivity index (χ1v) is 6.95. The molecule has 106 valence electrons. The van der Waals surface area contributed by atoms with Gasteiger partial charge in [0.15, 0.2) is 5.78 Å². The first-order valence-electron chi connectivity index (χ1n) is 6.95. The molecule has 21 heavy (non-hydrogen) atoms. The number of carbonyl (C=O) groups excluding carboxylic acids is 2. The van der Waals surface area contributed by atoms with Gasteiger partial charge in [-0.05, 0) is 24.6 Å². The van der Waals surface area contributed by atoms with Gasteiger partial charge in [0.05, 0.1) is 0 Å². The standard InChI is InChI=1S/C18H15FO2/c1-11(20)15-16(12-7-9-14(19)10-8-12)17(15)18(21)13-5-3-2-4-6-13/h2-10,15-17H,1H3/t15-,16-,17-/m0/s1. The Kier molecular flexibility index (Phi) is 3.42. The summed E-state index contributed by atoms with van der Waals surface area (Å²) in [5, 5.41) is 0. The van der Waals surface area contributed by atoms with Crippen molar-refractivity contribution in [1.82, 2.24) is 0 Å². The molecule has 0 amide bonds. The van der Waals surface area contributed by atoms with E-state index in [0.29, 0.717) is 5.56 Å². The first-order chi connectivity index (χ1) is 10.1. The minimum Gasteiger partial charge on any atom is -0.300 e. The van der Waals surface area contributed by atoms with Crippen molar-refractivity contribution < 1.29 is 14.0 Å². The molecule has 2 aromatic carbocycles. The fourth-order valence-corrected chi connectivity index (χ4v) is 3.04. The summed E-state index contributed by atoms with van der Waals surface area (Å²) in [5.74, 6) is -1.05. The molecule has 2 aromatic rings. The van der Waals surface area contributed by atoms with Crippen LogP contribution in [0.4, 0.5) is 4.39 Å². The van der Waals surface area contributed by atoms with Gasteiger partial charge in [-0.25, -0.2) is 4.39 Å². The number of hydrogen-bond acceptors (Lipinski definition) is 2. The summed E-state index contributed by atoms with van der Waals surface area (Å²) in [7, 11) is 0. The van der Waals surface area contributed by atoms with Crippen LogP contribution in [0.3, 0.4) is 0 Å². The zero-order chi connectivity index (χ0) is 15.0. The molecule has 0 spiro atoms. The van der Waals surface area contributed by atoms with E-state index in [1.165, 1.54) is 19.1 Å². The Balaban J connectivity index is 1.89. The minimum absolute atomic E-state index is 0.00914. The average Bonchev–Trinajstić information content (AvgIpc) is 3.24. The van der Waals surface area contributed by atoms with Gasteiger partial charge in [0.2, 0.25) is 0 Å². The van der Waals surface area contributed by atoms with Gasteiger partial charge in [0.1, 0.15) is 11.6 Å². The average molecular weight is 282 g/mol. The van der Waals surface area contributed by atoms with Gasteiger partial charge in [0, 0.05) is 23.3 Å². The zero-order valence-corrected chi connectivity index (χ0v) is 11.6. The summed E-state index contributed by atoms with van der Waals surface area (Å²) in [6, 6.07) is 15.1. The predicted octanol–water partition coefficient (Wildman–Crippen LogP) is 3.63. The summed E-state index contributed by atoms with van der Waals surface area (Å²) in [6.45, 7) is 1.51. The fourth-order valence-electron chi connectivity index (χ4n) is 3.04. The van der Waals surface area contributed by atoms with Gasteiger partial charge < -0.3 is 0 Å². The molecule has 0 aliphatic heterocycles. The van der Waals surface area contributed by atoms with Crippen LogP contribution in [0.2, 0.25) is 0 Å². The lowest BCUT2D eigenvalue weighted by atomic mass is 10.0. The van der Waals surface area contributed by atoms with E-state index in [9.17, 15) is 14.0 Å². The van der Waals surface area contributed by atoms with Crippen molar-refractivity contribution in [3.05, 3.63) is 71.5 Å². The number of halogens is 1. The van der Waals surface area contributed by atoms with Gasteiger partial charge in [0.25, 0.3) is 0 Å². The van der Waals surface area contributed by atoms with Crippen LogP contribution in [-0.4, -0.2) is 11.6 Å². The van der Waals surface area contributed by atoms with Crippen LogP contribution in [0.1, 0.15) is 28.8 Å². The maximum Gasteiger partial charge on any atom is 0.167 e. The predicted molar refractivity (Wildman–Crippen MR) is 77.6 cm³/mol. The Bertz CT molecular complexity index is 676. The molecule has 3 rings (SSSR count). The molecule has 0 aromatic heterocycles. The van der Waals surface area contributed by atoms with Gasteiger partial charge in [-0.3, -0.25) is 9.59 Å². The zero-order valence-electron chi connectivity index (χ0n) is 11.6. The molecule has 1 fully saturated rings. The highest BCUT2D eigenvalue weighted by atomic mass is 19.1. The lowest BCUT2D eigenvalue weighted by Crippen LogP contribution is -2.06. The third-order valence-corrected chi connectivity index (χ3v) is 4.11. The summed E-state index contributed by atoms with van der Waals surface area (Å²) in [6.07, 6.45) is 0. The number of benzene rings is 2. The van der Waals surface area contributed by atoms with E-state index in [2.05, 4.69) is 0 Å². The molecule has 0 saturated heterocycles. The summed E-state index contributed by atoms with van der Waals surface area (Å²) in [4.78, 5) is 24.3. The number of Topliss-reactive ketones (excluding diaryl/α,β-unsaturated/α-hetero) is 2. The molecule has 1 saturated carbocycles. The Labute approximate surface area is 122 Å². The SMILES string of the molecule is CC(=O)[C@@H]1[C@H](C(=O)c2ccccc2)[C@H]1c1ccc(F)cc1. The van der Waals surface area contributed by atoms with Crippen molar-refractivity contribution in [2.45, 2.75) is 12.8 Å². The highest BCUT2D eigenvalue weighted by molar-refractivity contribution is 6.05. The van der Waals surface area contributed by atoms with Crippen LogP contribution < -0.4 is 0 Å². The van der Waals surface area contributed by atoms with E-state index in [4.69, 9.17) is 0 Å². The number of ketones is 2. The van der Waals surface area contributed by atoms with Crippen LogP contribution >= 0.6 is 0 Å². The van der Waals surface area contributed by atoms with Crippen LogP contribution in [0, 0.1) is 17.7 Å². The smallest absolute Gasteiger partial charge is 0.167 e. The number of carbonyl (C=O) groups is 2. The molecule has 0 N–H and O–H groups in total. The van der Waals surface area contributed by atoms with E-state index in [1.54, 1.807) is 24.3 Å². The van der Waals surface area contributed by atoms with E-state index in [0.717, 1.165) is 5.56 Å². The van der Waals surface area contributed by atoms with Crippen molar-refractivity contribution in [2.75, 3.05) is 0 Å². The molecule has 1 aliphatic rings. The molecular formula is C18H15FO2. The molecule has 3 heteroatoms. The Hall–Kier alpha value is -2.29. The molecule has 1 aliphatic carbocycles. The fraction of sp³-hybridized carbons (Fsp3) is 0.222. The largest absolute Gasteiger partial charge is 0.300 e. The van der Waals surface area contributed by atoms with Crippen LogP contribution in [-0.2, 0) is 4.79 Å². The molecule has 0 bridgehead atoms. The Morgan fingerprint density at radius 3 is 2.10 bits per heavy atom. The quantitative estimate of drug-likeness (QED) is 0.802. The van der Waals surface area contributed by atoms with Crippen LogP contribution in [0.5, 0.6) is 0 Å². The van der Waals surface area contributed by atoms with Crippen LogP contribution in [0.25, 0.3) is 0 Å². The van der Waals surface area contributed by atoms with Gasteiger partial charge in [-0.2, -0.15) is 0 Å². The number of rotatable bonds is 4. The lowest BCUT2D eigenvalue weighted by molar-refractivity contribution is -0.118. The maximum absolute atomic E-state index is 13.0. The van der Waals surface area contributed by atoms with Crippen molar-refractivity contribution in [2.24, 2.45) is 11.8 Å². The third kappa shape index (κ3) is 2.51. The van der Waals surface area contributed by atoms with Crippen molar-refractivity contribution >= 4 is 11.6 Å². The summed E-state index contributed by atoms with van der Waals surface area (Å²) >= 11 is 0. The van der Waals surface area contributed by atoms with E-state index in [-0.39, 0.29) is 35.1 Å². The van der Waals surface area contributed by atoms with Crippen molar-refractivity contribution in [3.8, 4) is 0 Å². The lowest BCUT2D eigenvalue weighted by Gasteiger charge is -2.00. The Morgan fingerprint density at radius 2 is 1.52 bits per heavy atom. The third-order valence-electron chi connectivity index (χ3n) is 4.11. The van der Waals surface area contributed by atoms with E-state index < -0.39 is 0 Å². The second-order valence-electron chi connectivity index (χ2n) is 5.47. The second-order valence-corrected chi connectivity index (χ2v) is 5.47. The van der Waals surface area contributed by atoms with E-state index >= 15 is 0 Å². The molecule has 0 unspecified atom stereocenters. The van der Waals surface area contributed by atoms with E-state index in [1.807, 2.05) is 18.2 Å². The molecule has 0 radical (unpaired) electrons. The summed E-state index contributed by atoms with van der Waals surface area (Å²) in [5.41, 5.74) is 1.48. The second kappa shape index (κ2) is 5.24. The van der Waals surface area contributed by atoms with Gasteiger partial charge in [-0.1, -0.05) is 42.5 Å². The van der Waals surface area contributed by atoms with Crippen LogP contribution in [0.15, 0.2) is 54.6 Å². The van der Waals surface area contributed by atoms with Crippen molar-refractivity contribution in [3.63, 3.8) is 0 Å². The van der Waals surface area contributed by atoms with Gasteiger partial charge >= 0.3 is 0 Å². The minimum atomic E-state index is -0.324. The molecule has 2 nitrogen and oxygen atoms in total. The molecule has 0 heterocycles. The molecular weight excluding hydrogens is 267 g/mol. The van der Waals surface area contributed by atoms with Crippen molar-refractivity contribution in [1.29, 1.82) is 0 Å². The monoisotopic (exact) mass is 282 g/mol. The Morgan fingerprint density at radius 1 is 0.905 bits per heavy atom.